The van der Waals surface area contributed by atoms with Crippen molar-refractivity contribution < 1.29 is 0 Å². The Morgan fingerprint density at radius 1 is 0.941 bits per heavy atom. The first-order chi connectivity index (χ1) is 8.24. The standard InChI is InChI=1S/C14H13Br2N/c15-11-7-10-6-9-4-2-1-3-5-13(9)17-14(10)12(16)8-11/h6-8H,1-5H2. The number of pyridine rings is 1. The molecule has 1 aliphatic rings. The van der Waals surface area contributed by atoms with E-state index in [-0.39, 0.29) is 0 Å². The maximum atomic E-state index is 4.85. The number of halogens is 2. The molecule has 1 aliphatic carbocycles. The molecule has 0 saturated heterocycles. The van der Waals surface area contributed by atoms with Crippen molar-refractivity contribution in [2.24, 2.45) is 0 Å². The summed E-state index contributed by atoms with van der Waals surface area (Å²) in [4.78, 5) is 4.85. The molecule has 2 aromatic rings. The van der Waals surface area contributed by atoms with E-state index in [2.05, 4.69) is 50.1 Å². The van der Waals surface area contributed by atoms with Gasteiger partial charge in [0.25, 0.3) is 0 Å². The predicted octanol–water partition coefficient (Wildman–Crippen LogP) is 5.03. The van der Waals surface area contributed by atoms with E-state index in [1.807, 2.05) is 0 Å². The van der Waals surface area contributed by atoms with E-state index in [0.29, 0.717) is 0 Å². The zero-order valence-electron chi connectivity index (χ0n) is 9.47. The summed E-state index contributed by atoms with van der Waals surface area (Å²) in [5.74, 6) is 0. The van der Waals surface area contributed by atoms with Gasteiger partial charge in [0.1, 0.15) is 0 Å². The van der Waals surface area contributed by atoms with Crippen LogP contribution in [0.2, 0.25) is 0 Å². The molecule has 3 heteroatoms. The molecule has 0 saturated carbocycles. The number of fused-ring (bicyclic) bond motifs is 2. The number of aromatic nitrogens is 1. The maximum Gasteiger partial charge on any atom is 0.0848 e. The molecule has 0 N–H and O–H groups in total. The van der Waals surface area contributed by atoms with E-state index in [4.69, 9.17) is 4.98 Å². The molecule has 17 heavy (non-hydrogen) atoms. The molecule has 1 nitrogen and oxygen atoms in total. The minimum atomic E-state index is 1.08. The molecule has 1 aromatic carbocycles. The third-order valence-corrected chi connectivity index (χ3v) is 4.43. The van der Waals surface area contributed by atoms with Crippen LogP contribution in [0.5, 0.6) is 0 Å². The van der Waals surface area contributed by atoms with Gasteiger partial charge in [-0.25, -0.2) is 0 Å². The van der Waals surface area contributed by atoms with Gasteiger partial charge < -0.3 is 0 Å². The van der Waals surface area contributed by atoms with Gasteiger partial charge in [-0.2, -0.15) is 0 Å². The smallest absolute Gasteiger partial charge is 0.0848 e. The SMILES string of the molecule is Brc1cc(Br)c2nc3c(cc2c1)CCCCC3. The molecule has 0 atom stereocenters. The summed E-state index contributed by atoms with van der Waals surface area (Å²) >= 11 is 7.14. The van der Waals surface area contributed by atoms with Crippen molar-refractivity contribution >= 4 is 42.8 Å². The van der Waals surface area contributed by atoms with Crippen molar-refractivity contribution in [1.29, 1.82) is 0 Å². The van der Waals surface area contributed by atoms with Gasteiger partial charge in [0.2, 0.25) is 0 Å². The number of aryl methyl sites for hydroxylation is 2. The van der Waals surface area contributed by atoms with E-state index in [1.165, 1.54) is 42.3 Å². The number of benzene rings is 1. The molecule has 1 heterocycles. The van der Waals surface area contributed by atoms with Crippen LogP contribution >= 0.6 is 31.9 Å². The van der Waals surface area contributed by atoms with Crippen LogP contribution in [0.3, 0.4) is 0 Å². The molecule has 1 aromatic heterocycles. The highest BCUT2D eigenvalue weighted by atomic mass is 79.9. The number of rotatable bonds is 0. The van der Waals surface area contributed by atoms with Crippen LogP contribution in [-0.4, -0.2) is 4.98 Å². The number of nitrogens with zero attached hydrogens (tertiary/aromatic N) is 1. The average molecular weight is 355 g/mol. The fraction of sp³-hybridized carbons (Fsp3) is 0.357. The lowest BCUT2D eigenvalue weighted by molar-refractivity contribution is 0.709. The molecule has 0 amide bonds. The molecular formula is C14H13Br2N. The monoisotopic (exact) mass is 353 g/mol. The van der Waals surface area contributed by atoms with Crippen LogP contribution in [0.15, 0.2) is 27.1 Å². The first-order valence-corrected chi connectivity index (χ1v) is 7.60. The second-order valence-electron chi connectivity index (χ2n) is 4.61. The topological polar surface area (TPSA) is 12.9 Å². The van der Waals surface area contributed by atoms with Crippen LogP contribution in [0.25, 0.3) is 10.9 Å². The van der Waals surface area contributed by atoms with Crippen LogP contribution in [0.1, 0.15) is 30.5 Å². The van der Waals surface area contributed by atoms with Crippen molar-refractivity contribution in [1.82, 2.24) is 4.98 Å². The van der Waals surface area contributed by atoms with Crippen LogP contribution in [-0.2, 0) is 12.8 Å². The highest BCUT2D eigenvalue weighted by Gasteiger charge is 2.12. The van der Waals surface area contributed by atoms with Crippen LogP contribution in [0, 0.1) is 0 Å². The van der Waals surface area contributed by atoms with E-state index in [0.717, 1.165) is 20.9 Å². The second-order valence-corrected chi connectivity index (χ2v) is 6.38. The molecule has 0 radical (unpaired) electrons. The fourth-order valence-electron chi connectivity index (χ4n) is 2.51. The Labute approximate surface area is 118 Å². The van der Waals surface area contributed by atoms with E-state index in [1.54, 1.807) is 0 Å². The first-order valence-electron chi connectivity index (χ1n) is 6.01. The van der Waals surface area contributed by atoms with Gasteiger partial charge in [-0.15, -0.1) is 0 Å². The zero-order chi connectivity index (χ0) is 11.8. The minimum absolute atomic E-state index is 1.08. The van der Waals surface area contributed by atoms with Gasteiger partial charge in [0.05, 0.1) is 5.52 Å². The molecule has 88 valence electrons. The van der Waals surface area contributed by atoms with E-state index in [9.17, 15) is 0 Å². The Morgan fingerprint density at radius 2 is 1.76 bits per heavy atom. The summed E-state index contributed by atoms with van der Waals surface area (Å²) in [5.41, 5.74) is 3.84. The average Bonchev–Trinajstić information content (AvgIpc) is 2.51. The summed E-state index contributed by atoms with van der Waals surface area (Å²) in [5, 5.41) is 1.23. The quantitative estimate of drug-likeness (QED) is 0.604. The lowest BCUT2D eigenvalue weighted by Gasteiger charge is -2.09. The Morgan fingerprint density at radius 3 is 2.65 bits per heavy atom. The van der Waals surface area contributed by atoms with Crippen molar-refractivity contribution in [3.63, 3.8) is 0 Å². The normalized spacial score (nSPS) is 15.6. The Hall–Kier alpha value is -0.410. The lowest BCUT2D eigenvalue weighted by atomic mass is 10.1. The molecule has 0 fully saturated rings. The maximum absolute atomic E-state index is 4.85. The molecule has 0 spiro atoms. The van der Waals surface area contributed by atoms with Crippen molar-refractivity contribution in [2.75, 3.05) is 0 Å². The van der Waals surface area contributed by atoms with Crippen molar-refractivity contribution in [2.45, 2.75) is 32.1 Å². The minimum Gasteiger partial charge on any atom is -0.251 e. The van der Waals surface area contributed by atoms with E-state index < -0.39 is 0 Å². The van der Waals surface area contributed by atoms with Crippen LogP contribution < -0.4 is 0 Å². The van der Waals surface area contributed by atoms with Crippen LogP contribution in [0.4, 0.5) is 0 Å². The fourth-order valence-corrected chi connectivity index (χ4v) is 3.86. The largest absolute Gasteiger partial charge is 0.251 e. The van der Waals surface area contributed by atoms with Crippen molar-refractivity contribution in [3.05, 3.63) is 38.4 Å². The van der Waals surface area contributed by atoms with Crippen molar-refractivity contribution in [3.8, 4) is 0 Å². The molecule has 3 rings (SSSR count). The van der Waals surface area contributed by atoms with Gasteiger partial charge in [-0.3, -0.25) is 4.98 Å². The Bertz CT molecular complexity index is 578. The predicted molar refractivity (Wildman–Crippen MR) is 78.4 cm³/mol. The zero-order valence-corrected chi connectivity index (χ0v) is 12.6. The lowest BCUT2D eigenvalue weighted by Crippen LogP contribution is -1.96. The summed E-state index contributed by atoms with van der Waals surface area (Å²) in [7, 11) is 0. The molecular weight excluding hydrogens is 342 g/mol. The Kier molecular flexibility index (Phi) is 3.22. The molecule has 0 aliphatic heterocycles. The first kappa shape index (κ1) is 11.7. The number of hydrogen-bond donors (Lipinski definition) is 0. The van der Waals surface area contributed by atoms with Gasteiger partial charge in [0, 0.05) is 20.0 Å². The Balaban J connectivity index is 2.25. The summed E-state index contributed by atoms with van der Waals surface area (Å²) in [6, 6.07) is 6.54. The van der Waals surface area contributed by atoms with Gasteiger partial charge in [0.15, 0.2) is 0 Å². The second kappa shape index (κ2) is 4.69. The van der Waals surface area contributed by atoms with Gasteiger partial charge in [-0.1, -0.05) is 22.4 Å². The summed E-state index contributed by atoms with van der Waals surface area (Å²) < 4.78 is 2.18. The van der Waals surface area contributed by atoms with Gasteiger partial charge in [-0.05, 0) is 65.4 Å². The highest BCUT2D eigenvalue weighted by molar-refractivity contribution is 9.11. The third-order valence-electron chi connectivity index (χ3n) is 3.36. The third kappa shape index (κ3) is 2.27. The van der Waals surface area contributed by atoms with Gasteiger partial charge >= 0.3 is 0 Å². The highest BCUT2D eigenvalue weighted by Crippen LogP contribution is 2.30. The number of hydrogen-bond acceptors (Lipinski definition) is 1. The summed E-state index contributed by atoms with van der Waals surface area (Å²) in [6.07, 6.45) is 6.22. The molecule has 0 bridgehead atoms. The summed E-state index contributed by atoms with van der Waals surface area (Å²) in [6.45, 7) is 0. The molecule has 0 unspecified atom stereocenters. The van der Waals surface area contributed by atoms with E-state index >= 15 is 0 Å².